The van der Waals surface area contributed by atoms with Crippen molar-refractivity contribution in [3.63, 3.8) is 0 Å². The molecule has 12 heteroatoms. The summed E-state index contributed by atoms with van der Waals surface area (Å²) in [7, 11) is 1.52. The Hall–Kier alpha value is -3.96. The maximum absolute atomic E-state index is 13.3. The Morgan fingerprint density at radius 2 is 1.97 bits per heavy atom. The third-order valence-corrected chi connectivity index (χ3v) is 7.02. The maximum Gasteiger partial charge on any atom is 0.272 e. The molecule has 5 heterocycles. The minimum Gasteiger partial charge on any atom is -0.494 e. The molecule has 0 aromatic carbocycles. The van der Waals surface area contributed by atoms with Crippen molar-refractivity contribution in [3.8, 4) is 16.9 Å². The molecule has 0 fully saturated rings. The first-order valence-electron chi connectivity index (χ1n) is 11.2. The molecule has 5 rings (SSSR count). The van der Waals surface area contributed by atoms with Gasteiger partial charge in [-0.3, -0.25) is 19.9 Å². The highest BCUT2D eigenvalue weighted by molar-refractivity contribution is 7.15. The molecule has 1 aliphatic heterocycles. The predicted octanol–water partition coefficient (Wildman–Crippen LogP) is 4.56. The SMILES string of the molecule is COc1cnc(Cl)cc1-c1cc(C)ncc1C(=O)Nc1nc2c(s1)CN(C(=O)c1ccc(F)cn1)CC2. The summed E-state index contributed by atoms with van der Waals surface area (Å²) in [5.74, 6) is -0.719. The third kappa shape index (κ3) is 5.13. The smallest absolute Gasteiger partial charge is 0.272 e. The van der Waals surface area contributed by atoms with Gasteiger partial charge in [0.15, 0.2) is 5.13 Å². The van der Waals surface area contributed by atoms with Crippen LogP contribution in [0.4, 0.5) is 9.52 Å². The zero-order valence-corrected chi connectivity index (χ0v) is 21.4. The standard InChI is InChI=1S/C25H20ClFN6O3S/c1-13-7-15(16-8-22(26)30-11-20(16)36-2)17(10-28-13)23(34)32-25-31-18-5-6-33(12-21(18)37-25)24(35)19-4-3-14(27)9-29-19/h3-4,7-11H,5-6,12H2,1-2H3,(H,31,32,34). The van der Waals surface area contributed by atoms with Crippen LogP contribution in [0.1, 0.15) is 37.1 Å². The van der Waals surface area contributed by atoms with Crippen molar-refractivity contribution in [2.45, 2.75) is 19.9 Å². The number of fused-ring (bicyclic) bond motifs is 1. The molecule has 4 aromatic rings. The predicted molar refractivity (Wildman–Crippen MR) is 136 cm³/mol. The van der Waals surface area contributed by atoms with Crippen LogP contribution >= 0.6 is 22.9 Å². The number of nitrogens with one attached hydrogen (secondary N) is 1. The first-order valence-corrected chi connectivity index (χ1v) is 12.4. The number of carbonyl (C=O) groups excluding carboxylic acids is 2. The van der Waals surface area contributed by atoms with Crippen molar-refractivity contribution < 1.29 is 18.7 Å². The molecular weight excluding hydrogens is 519 g/mol. The summed E-state index contributed by atoms with van der Waals surface area (Å²) in [6.45, 7) is 2.59. The van der Waals surface area contributed by atoms with Crippen LogP contribution in [0.15, 0.2) is 42.9 Å². The highest BCUT2D eigenvalue weighted by Crippen LogP contribution is 2.35. The van der Waals surface area contributed by atoms with Gasteiger partial charge < -0.3 is 9.64 Å². The van der Waals surface area contributed by atoms with Crippen molar-refractivity contribution >= 4 is 39.9 Å². The largest absolute Gasteiger partial charge is 0.494 e. The van der Waals surface area contributed by atoms with E-state index in [0.29, 0.717) is 52.8 Å². The minimum absolute atomic E-state index is 0.175. The van der Waals surface area contributed by atoms with Gasteiger partial charge in [0.25, 0.3) is 11.8 Å². The highest BCUT2D eigenvalue weighted by Gasteiger charge is 2.27. The van der Waals surface area contributed by atoms with Crippen LogP contribution in [-0.2, 0) is 13.0 Å². The van der Waals surface area contributed by atoms with Gasteiger partial charge in [-0.2, -0.15) is 0 Å². The molecule has 0 atom stereocenters. The summed E-state index contributed by atoms with van der Waals surface area (Å²) in [5, 5.41) is 3.54. The van der Waals surface area contributed by atoms with Crippen LogP contribution in [-0.4, -0.2) is 50.3 Å². The molecule has 188 valence electrons. The molecule has 0 radical (unpaired) electrons. The first-order chi connectivity index (χ1) is 17.8. The van der Waals surface area contributed by atoms with E-state index in [9.17, 15) is 14.0 Å². The van der Waals surface area contributed by atoms with E-state index in [4.69, 9.17) is 16.3 Å². The Labute approximate surface area is 220 Å². The number of methoxy groups -OCH3 is 1. The van der Waals surface area contributed by atoms with Crippen LogP contribution in [0.25, 0.3) is 11.1 Å². The Kier molecular flexibility index (Phi) is 6.81. The van der Waals surface area contributed by atoms with E-state index in [0.717, 1.165) is 16.8 Å². The molecule has 37 heavy (non-hydrogen) atoms. The maximum atomic E-state index is 13.3. The second-order valence-corrected chi connectivity index (χ2v) is 9.73. The molecule has 1 aliphatic rings. The number of carbonyl (C=O) groups is 2. The van der Waals surface area contributed by atoms with Gasteiger partial charge >= 0.3 is 0 Å². The Bertz CT molecular complexity index is 1510. The fourth-order valence-corrected chi connectivity index (χ4v) is 5.18. The number of aromatic nitrogens is 4. The van der Waals surface area contributed by atoms with E-state index in [1.165, 1.54) is 43.0 Å². The van der Waals surface area contributed by atoms with Crippen molar-refractivity contribution in [2.24, 2.45) is 0 Å². The van der Waals surface area contributed by atoms with Crippen LogP contribution in [0, 0.1) is 12.7 Å². The molecule has 4 aromatic heterocycles. The number of halogens is 2. The van der Waals surface area contributed by atoms with Crippen molar-refractivity contribution in [1.82, 2.24) is 24.8 Å². The second-order valence-electron chi connectivity index (χ2n) is 8.26. The summed E-state index contributed by atoms with van der Waals surface area (Å²) in [4.78, 5) is 45.4. The summed E-state index contributed by atoms with van der Waals surface area (Å²) < 4.78 is 18.6. The first kappa shape index (κ1) is 24.7. The topological polar surface area (TPSA) is 110 Å². The minimum atomic E-state index is -0.502. The zero-order valence-electron chi connectivity index (χ0n) is 19.8. The summed E-state index contributed by atoms with van der Waals surface area (Å²) in [5.41, 5.74) is 3.23. The molecular formula is C25H20ClFN6O3S. The van der Waals surface area contributed by atoms with E-state index in [2.05, 4.69) is 25.3 Å². The van der Waals surface area contributed by atoms with Gasteiger partial charge in [-0.15, -0.1) is 0 Å². The molecule has 0 unspecified atom stereocenters. The van der Waals surface area contributed by atoms with Crippen molar-refractivity contribution in [1.29, 1.82) is 0 Å². The molecule has 0 saturated heterocycles. The Morgan fingerprint density at radius 1 is 1.14 bits per heavy atom. The summed E-state index contributed by atoms with van der Waals surface area (Å²) in [6, 6.07) is 5.99. The molecule has 1 N–H and O–H groups in total. The van der Waals surface area contributed by atoms with E-state index in [-0.39, 0.29) is 16.8 Å². The Morgan fingerprint density at radius 3 is 2.73 bits per heavy atom. The van der Waals surface area contributed by atoms with Gasteiger partial charge in [0.1, 0.15) is 22.4 Å². The van der Waals surface area contributed by atoms with E-state index < -0.39 is 11.7 Å². The molecule has 0 bridgehead atoms. The fourth-order valence-electron chi connectivity index (χ4n) is 4.01. The van der Waals surface area contributed by atoms with Crippen LogP contribution < -0.4 is 10.1 Å². The average Bonchev–Trinajstić information content (AvgIpc) is 3.30. The third-order valence-electron chi connectivity index (χ3n) is 5.81. The quantitative estimate of drug-likeness (QED) is 0.371. The number of aryl methyl sites for hydroxylation is 1. The number of ether oxygens (including phenoxy) is 1. The Balaban J connectivity index is 1.37. The lowest BCUT2D eigenvalue weighted by Crippen LogP contribution is -2.35. The highest BCUT2D eigenvalue weighted by atomic mass is 35.5. The lowest BCUT2D eigenvalue weighted by Gasteiger charge is -2.25. The number of hydrogen-bond acceptors (Lipinski definition) is 8. The van der Waals surface area contributed by atoms with E-state index in [1.54, 1.807) is 17.0 Å². The normalized spacial score (nSPS) is 12.7. The van der Waals surface area contributed by atoms with Gasteiger partial charge in [-0.05, 0) is 31.2 Å². The van der Waals surface area contributed by atoms with E-state index in [1.807, 2.05) is 6.92 Å². The van der Waals surface area contributed by atoms with Crippen LogP contribution in [0.3, 0.4) is 0 Å². The fraction of sp³-hybridized carbons (Fsp3) is 0.200. The van der Waals surface area contributed by atoms with Gasteiger partial charge in [-0.1, -0.05) is 22.9 Å². The van der Waals surface area contributed by atoms with Gasteiger partial charge in [0, 0.05) is 40.9 Å². The number of amides is 2. The monoisotopic (exact) mass is 538 g/mol. The van der Waals surface area contributed by atoms with Gasteiger partial charge in [0.05, 0.1) is 37.3 Å². The number of pyridine rings is 3. The molecule has 9 nitrogen and oxygen atoms in total. The van der Waals surface area contributed by atoms with Gasteiger partial charge in [-0.25, -0.2) is 19.3 Å². The van der Waals surface area contributed by atoms with Gasteiger partial charge in [0.2, 0.25) is 0 Å². The number of anilines is 1. The second kappa shape index (κ2) is 10.2. The molecule has 0 spiro atoms. The lowest BCUT2D eigenvalue weighted by atomic mass is 10.0. The lowest BCUT2D eigenvalue weighted by molar-refractivity contribution is 0.0730. The number of hydrogen-bond donors (Lipinski definition) is 1. The zero-order chi connectivity index (χ0) is 26.1. The number of thiazole rings is 1. The number of rotatable bonds is 5. The molecule has 0 saturated carbocycles. The van der Waals surface area contributed by atoms with E-state index >= 15 is 0 Å². The van der Waals surface area contributed by atoms with Crippen molar-refractivity contribution in [3.05, 3.63) is 81.3 Å². The molecule has 0 aliphatic carbocycles. The summed E-state index contributed by atoms with van der Waals surface area (Å²) >= 11 is 7.42. The average molecular weight is 539 g/mol. The summed E-state index contributed by atoms with van der Waals surface area (Å²) in [6.07, 6.45) is 4.54. The van der Waals surface area contributed by atoms with Crippen LogP contribution in [0.2, 0.25) is 5.15 Å². The molecule has 2 amide bonds. The van der Waals surface area contributed by atoms with Crippen LogP contribution in [0.5, 0.6) is 5.75 Å². The van der Waals surface area contributed by atoms with Crippen molar-refractivity contribution in [2.75, 3.05) is 19.0 Å². The number of nitrogens with zero attached hydrogens (tertiary/aromatic N) is 5.